The van der Waals surface area contributed by atoms with Gasteiger partial charge in [0.25, 0.3) is 0 Å². The van der Waals surface area contributed by atoms with E-state index < -0.39 is 0 Å². The lowest BCUT2D eigenvalue weighted by Crippen LogP contribution is -2.41. The molecule has 2 N–H and O–H groups in total. The van der Waals surface area contributed by atoms with E-state index in [2.05, 4.69) is 58.3 Å². The normalized spacial score (nSPS) is 28.7. The third-order valence-corrected chi connectivity index (χ3v) is 13.7. The van der Waals surface area contributed by atoms with Crippen molar-refractivity contribution in [3.8, 4) is 0 Å². The van der Waals surface area contributed by atoms with Crippen LogP contribution in [0.2, 0.25) is 0 Å². The van der Waals surface area contributed by atoms with Crippen molar-refractivity contribution in [3.63, 3.8) is 0 Å². The van der Waals surface area contributed by atoms with Crippen LogP contribution in [0, 0.1) is 23.5 Å². The molecular formula is C48H56F2N2O4. The zero-order valence-electron chi connectivity index (χ0n) is 32.4. The summed E-state index contributed by atoms with van der Waals surface area (Å²) in [5, 5.41) is 18.9. The predicted molar refractivity (Wildman–Crippen MR) is 214 cm³/mol. The van der Waals surface area contributed by atoms with Gasteiger partial charge < -0.3 is 29.5 Å². The van der Waals surface area contributed by atoms with Gasteiger partial charge in [-0.3, -0.25) is 0 Å². The van der Waals surface area contributed by atoms with Gasteiger partial charge in [-0.25, -0.2) is 8.78 Å². The Hall–Kier alpha value is -3.50. The summed E-state index contributed by atoms with van der Waals surface area (Å²) in [4.78, 5) is 4.92. The van der Waals surface area contributed by atoms with E-state index in [1.165, 1.54) is 33.4 Å². The van der Waals surface area contributed by atoms with Crippen molar-refractivity contribution in [1.82, 2.24) is 9.80 Å². The molecule has 0 saturated carbocycles. The molecule has 296 valence electrons. The molecule has 0 aromatic heterocycles. The second-order valence-corrected chi connectivity index (χ2v) is 17.4. The van der Waals surface area contributed by atoms with Crippen LogP contribution in [-0.4, -0.2) is 84.7 Å². The van der Waals surface area contributed by atoms with Gasteiger partial charge in [-0.05, 0) is 152 Å². The molecule has 4 aliphatic heterocycles. The fourth-order valence-electron chi connectivity index (χ4n) is 10.8. The monoisotopic (exact) mass is 762 g/mol. The van der Waals surface area contributed by atoms with Crippen LogP contribution in [0.1, 0.15) is 107 Å². The highest BCUT2D eigenvalue weighted by Gasteiger charge is 2.43. The van der Waals surface area contributed by atoms with Crippen molar-refractivity contribution in [1.29, 1.82) is 0 Å². The second-order valence-electron chi connectivity index (χ2n) is 17.4. The van der Waals surface area contributed by atoms with Crippen molar-refractivity contribution >= 4 is 0 Å². The van der Waals surface area contributed by atoms with Crippen LogP contribution >= 0.6 is 0 Å². The van der Waals surface area contributed by atoms with Crippen LogP contribution in [0.4, 0.5) is 8.78 Å². The van der Waals surface area contributed by atoms with Crippen LogP contribution in [0.3, 0.4) is 0 Å². The number of likely N-dealkylation sites (tertiary alicyclic amines) is 2. The minimum absolute atomic E-state index is 0.0608. The lowest BCUT2D eigenvalue weighted by Gasteiger charge is -2.33. The van der Waals surface area contributed by atoms with E-state index in [1.54, 1.807) is 24.3 Å². The van der Waals surface area contributed by atoms with Crippen molar-refractivity contribution in [2.24, 2.45) is 11.8 Å². The van der Waals surface area contributed by atoms with Crippen molar-refractivity contribution in [2.45, 2.75) is 87.6 Å². The van der Waals surface area contributed by atoms with Gasteiger partial charge in [-0.1, -0.05) is 60.7 Å². The van der Waals surface area contributed by atoms with Crippen molar-refractivity contribution < 1.29 is 28.5 Å². The number of piperidine rings is 2. The van der Waals surface area contributed by atoms with Gasteiger partial charge in [0.2, 0.25) is 0 Å². The van der Waals surface area contributed by atoms with E-state index in [4.69, 9.17) is 9.47 Å². The summed E-state index contributed by atoms with van der Waals surface area (Å²) in [7, 11) is 0. The molecule has 0 spiro atoms. The highest BCUT2D eigenvalue weighted by molar-refractivity contribution is 5.46. The molecule has 7 unspecified atom stereocenters. The minimum atomic E-state index is -0.183. The standard InChI is InChI=1S/2C24H28FNO2/c25-19-8-7-18-10-17-5-1-2-6-21(17)23-12-20(28-24(23)22(18)11-19)14-26-9-3-4-16(13-26)15-27;25-19-6-5-18-11-17-3-1-2-4-21(17)23-13-20(28-24(23)22(18)12-19)14-26-9-7-16(15-27)8-10-26/h1-2,5-8,11,16,20,23-24,27H,3-4,9-10,12-15H2;1-6,12,16,20,23-24,27H,7-11,13-15H2. The smallest absolute Gasteiger partial charge is 0.123 e. The molecule has 6 aliphatic rings. The maximum Gasteiger partial charge on any atom is 0.123 e. The Bertz CT molecular complexity index is 1980. The van der Waals surface area contributed by atoms with Crippen LogP contribution in [0.15, 0.2) is 84.9 Å². The quantitative estimate of drug-likeness (QED) is 0.207. The number of benzene rings is 4. The van der Waals surface area contributed by atoms with Gasteiger partial charge in [-0.2, -0.15) is 0 Å². The molecule has 56 heavy (non-hydrogen) atoms. The van der Waals surface area contributed by atoms with Gasteiger partial charge >= 0.3 is 0 Å². The third kappa shape index (κ3) is 7.98. The Morgan fingerprint density at radius 3 is 1.59 bits per heavy atom. The summed E-state index contributed by atoms with van der Waals surface area (Å²) in [5.74, 6) is 1.05. The van der Waals surface area contributed by atoms with Crippen LogP contribution < -0.4 is 0 Å². The molecule has 2 aliphatic carbocycles. The molecule has 6 nitrogen and oxygen atoms in total. The summed E-state index contributed by atoms with van der Waals surface area (Å²) in [6.45, 7) is 6.49. The number of hydrogen-bond acceptors (Lipinski definition) is 6. The summed E-state index contributed by atoms with van der Waals surface area (Å²) in [6.07, 6.45) is 8.21. The zero-order valence-corrected chi connectivity index (χ0v) is 32.4. The number of nitrogens with zero attached hydrogens (tertiary/aromatic N) is 2. The lowest BCUT2D eigenvalue weighted by molar-refractivity contribution is 0.00749. The molecule has 0 radical (unpaired) electrons. The minimum Gasteiger partial charge on any atom is -0.396 e. The number of fused-ring (bicyclic) bond motifs is 10. The molecule has 4 aromatic carbocycles. The van der Waals surface area contributed by atoms with E-state index in [9.17, 15) is 19.0 Å². The highest BCUT2D eigenvalue weighted by atomic mass is 19.1. The van der Waals surface area contributed by atoms with E-state index in [1.807, 2.05) is 12.1 Å². The maximum absolute atomic E-state index is 14.1. The number of aliphatic hydroxyl groups excluding tert-OH is 2. The average molecular weight is 763 g/mol. The Morgan fingerprint density at radius 2 is 1.05 bits per heavy atom. The predicted octanol–water partition coefficient (Wildman–Crippen LogP) is 8.10. The SMILES string of the molecule is OCC1CCCN(CC2CC3c4ccccc4Cc4ccc(F)cc4C3O2)C1.OCC1CCN(CC2CC3c4ccccc4Cc4ccc(F)cc4C3O2)CC1. The van der Waals surface area contributed by atoms with E-state index >= 15 is 0 Å². The first-order valence-electron chi connectivity index (χ1n) is 21.1. The summed E-state index contributed by atoms with van der Waals surface area (Å²) in [5.41, 5.74) is 9.83. The first kappa shape index (κ1) is 38.0. The molecule has 4 aromatic rings. The summed E-state index contributed by atoms with van der Waals surface area (Å²) < 4.78 is 41.3. The Morgan fingerprint density at radius 1 is 0.554 bits per heavy atom. The average Bonchev–Trinajstić information content (AvgIpc) is 3.78. The Kier molecular flexibility index (Phi) is 11.4. The van der Waals surface area contributed by atoms with Crippen LogP contribution in [-0.2, 0) is 22.3 Å². The summed E-state index contributed by atoms with van der Waals surface area (Å²) in [6, 6.07) is 27.6. The molecule has 0 bridgehead atoms. The topological polar surface area (TPSA) is 65.4 Å². The van der Waals surface area contributed by atoms with Crippen LogP contribution in [0.5, 0.6) is 0 Å². The second kappa shape index (κ2) is 16.8. The first-order valence-corrected chi connectivity index (χ1v) is 21.1. The van der Waals surface area contributed by atoms with Crippen molar-refractivity contribution in [2.75, 3.05) is 52.5 Å². The Labute approximate surface area is 330 Å². The number of halogens is 2. The number of rotatable bonds is 6. The molecule has 0 amide bonds. The highest BCUT2D eigenvalue weighted by Crippen LogP contribution is 2.51. The fourth-order valence-corrected chi connectivity index (χ4v) is 10.8. The maximum atomic E-state index is 14.1. The lowest BCUT2D eigenvalue weighted by atomic mass is 9.87. The fraction of sp³-hybridized carbons (Fsp3) is 0.500. The molecular weight excluding hydrogens is 707 g/mol. The molecule has 8 heteroatoms. The number of hydrogen-bond donors (Lipinski definition) is 2. The van der Waals surface area contributed by atoms with Gasteiger partial charge in [-0.15, -0.1) is 0 Å². The van der Waals surface area contributed by atoms with Gasteiger partial charge in [0.05, 0.1) is 24.4 Å². The first-order chi connectivity index (χ1) is 27.4. The van der Waals surface area contributed by atoms with Crippen molar-refractivity contribution in [3.05, 3.63) is 141 Å². The third-order valence-electron chi connectivity index (χ3n) is 13.7. The Balaban J connectivity index is 0.000000146. The van der Waals surface area contributed by atoms with E-state index in [0.29, 0.717) is 24.4 Å². The van der Waals surface area contributed by atoms with E-state index in [-0.39, 0.29) is 48.6 Å². The molecule has 4 heterocycles. The zero-order chi connectivity index (χ0) is 38.2. The molecule has 4 fully saturated rings. The molecule has 7 atom stereocenters. The number of ether oxygens (including phenoxy) is 2. The largest absolute Gasteiger partial charge is 0.396 e. The van der Waals surface area contributed by atoms with Gasteiger partial charge in [0.1, 0.15) is 11.6 Å². The van der Waals surface area contributed by atoms with Crippen LogP contribution in [0.25, 0.3) is 0 Å². The molecule has 4 saturated heterocycles. The number of aliphatic hydroxyl groups is 2. The molecule has 10 rings (SSSR count). The van der Waals surface area contributed by atoms with Gasteiger partial charge in [0.15, 0.2) is 0 Å². The van der Waals surface area contributed by atoms with E-state index in [0.717, 1.165) is 102 Å². The van der Waals surface area contributed by atoms with Gasteiger partial charge in [0, 0.05) is 44.7 Å². The summed E-state index contributed by atoms with van der Waals surface area (Å²) >= 11 is 0.